The van der Waals surface area contributed by atoms with Crippen LogP contribution < -0.4 is 0 Å². The van der Waals surface area contributed by atoms with E-state index in [0.717, 1.165) is 0 Å². The molecular weight excluding hydrogens is 252 g/mol. The predicted molar refractivity (Wildman–Crippen MR) is 95.1 cm³/mol. The summed E-state index contributed by atoms with van der Waals surface area (Å²) in [7, 11) is 0. The number of benzene rings is 2. The summed E-state index contributed by atoms with van der Waals surface area (Å²) in [6, 6.07) is 13.4. The lowest BCUT2D eigenvalue weighted by Crippen LogP contribution is -1.98. The maximum atomic E-state index is 2.40. The molecule has 2 rings (SSSR count). The van der Waals surface area contributed by atoms with Gasteiger partial charge in [0.25, 0.3) is 0 Å². The molecule has 114 valence electrons. The van der Waals surface area contributed by atoms with Crippen molar-refractivity contribution < 1.29 is 0 Å². The molecule has 0 aliphatic carbocycles. The summed E-state index contributed by atoms with van der Waals surface area (Å²) in [5.41, 5.74) is 3.02. The van der Waals surface area contributed by atoms with Crippen LogP contribution in [0.2, 0.25) is 0 Å². The summed E-state index contributed by atoms with van der Waals surface area (Å²) < 4.78 is 0. The van der Waals surface area contributed by atoms with Gasteiger partial charge in [0.2, 0.25) is 0 Å². The van der Waals surface area contributed by atoms with Crippen molar-refractivity contribution in [2.45, 2.75) is 71.6 Å². The highest BCUT2D eigenvalue weighted by atomic mass is 14.2. The van der Waals surface area contributed by atoms with Gasteiger partial charge >= 0.3 is 0 Å². The molecule has 0 N–H and O–H groups in total. The second-order valence-electron chi connectivity index (χ2n) is 6.47. The highest BCUT2D eigenvalue weighted by Crippen LogP contribution is 2.31. The number of aryl methyl sites for hydroxylation is 1. The zero-order valence-electron chi connectivity index (χ0n) is 14.0. The Labute approximate surface area is 130 Å². The minimum absolute atomic E-state index is 0.669. The van der Waals surface area contributed by atoms with Crippen LogP contribution in [0.5, 0.6) is 0 Å². The molecule has 0 bridgehead atoms. The molecule has 0 heterocycles. The van der Waals surface area contributed by atoms with Gasteiger partial charge in [-0.2, -0.15) is 0 Å². The average molecular weight is 282 g/mol. The molecule has 0 saturated heterocycles. The van der Waals surface area contributed by atoms with Crippen LogP contribution in [-0.2, 0) is 0 Å². The average Bonchev–Trinajstić information content (AvgIpc) is 2.50. The van der Waals surface area contributed by atoms with Gasteiger partial charge in [0.05, 0.1) is 0 Å². The van der Waals surface area contributed by atoms with Crippen molar-refractivity contribution in [3.63, 3.8) is 0 Å². The SMILES string of the molecule is CCCCCCCCC(C)c1c(C)ccc2ccccc12. The van der Waals surface area contributed by atoms with Crippen LogP contribution in [0.15, 0.2) is 36.4 Å². The Hall–Kier alpha value is -1.30. The number of hydrogen-bond donors (Lipinski definition) is 0. The second-order valence-corrected chi connectivity index (χ2v) is 6.47. The Bertz CT molecular complexity index is 553. The Morgan fingerprint density at radius 2 is 1.57 bits per heavy atom. The van der Waals surface area contributed by atoms with E-state index in [1.807, 2.05) is 0 Å². The molecule has 0 heteroatoms. The first-order chi connectivity index (χ1) is 10.2. The van der Waals surface area contributed by atoms with Gasteiger partial charge in [-0.25, -0.2) is 0 Å². The van der Waals surface area contributed by atoms with E-state index in [2.05, 4.69) is 57.2 Å². The van der Waals surface area contributed by atoms with Gasteiger partial charge in [-0.3, -0.25) is 0 Å². The molecule has 0 saturated carbocycles. The molecule has 21 heavy (non-hydrogen) atoms. The molecule has 1 atom stereocenters. The van der Waals surface area contributed by atoms with Crippen molar-refractivity contribution in [1.29, 1.82) is 0 Å². The molecule has 0 spiro atoms. The maximum absolute atomic E-state index is 2.40. The first kappa shape index (κ1) is 16.1. The standard InChI is InChI=1S/C21H30/c1-4-5-6-7-8-9-12-17(2)21-18(3)15-16-19-13-10-11-14-20(19)21/h10-11,13-17H,4-9,12H2,1-3H3. The quantitative estimate of drug-likeness (QED) is 0.457. The third-order valence-corrected chi connectivity index (χ3v) is 4.67. The van der Waals surface area contributed by atoms with E-state index in [4.69, 9.17) is 0 Å². The van der Waals surface area contributed by atoms with Gasteiger partial charge < -0.3 is 0 Å². The number of rotatable bonds is 8. The highest BCUT2D eigenvalue weighted by Gasteiger charge is 2.12. The first-order valence-electron chi connectivity index (χ1n) is 8.72. The van der Waals surface area contributed by atoms with Crippen molar-refractivity contribution in [3.8, 4) is 0 Å². The second kappa shape index (κ2) is 8.22. The van der Waals surface area contributed by atoms with Gasteiger partial charge in [0.1, 0.15) is 0 Å². The summed E-state index contributed by atoms with van der Waals surface area (Å²) in [5.74, 6) is 0.669. The van der Waals surface area contributed by atoms with Crippen LogP contribution in [0.4, 0.5) is 0 Å². The Morgan fingerprint density at radius 1 is 0.857 bits per heavy atom. The van der Waals surface area contributed by atoms with Crippen LogP contribution in [0, 0.1) is 6.92 Å². The van der Waals surface area contributed by atoms with Crippen LogP contribution in [0.1, 0.15) is 75.8 Å². The largest absolute Gasteiger partial charge is 0.0654 e. The van der Waals surface area contributed by atoms with Gasteiger partial charge in [-0.1, -0.05) is 88.8 Å². The molecule has 1 unspecified atom stereocenters. The lowest BCUT2D eigenvalue weighted by molar-refractivity contribution is 0.557. The van der Waals surface area contributed by atoms with E-state index in [9.17, 15) is 0 Å². The molecule has 0 aromatic heterocycles. The van der Waals surface area contributed by atoms with E-state index in [1.54, 1.807) is 5.56 Å². The van der Waals surface area contributed by atoms with Crippen molar-refractivity contribution in [3.05, 3.63) is 47.5 Å². The lowest BCUT2D eigenvalue weighted by atomic mass is 9.87. The van der Waals surface area contributed by atoms with Crippen LogP contribution in [-0.4, -0.2) is 0 Å². The monoisotopic (exact) mass is 282 g/mol. The molecule has 0 aliphatic heterocycles. The minimum atomic E-state index is 0.669. The van der Waals surface area contributed by atoms with Crippen LogP contribution in [0.25, 0.3) is 10.8 Å². The summed E-state index contributed by atoms with van der Waals surface area (Å²) in [6.07, 6.45) is 9.65. The van der Waals surface area contributed by atoms with Crippen LogP contribution in [0.3, 0.4) is 0 Å². The summed E-state index contributed by atoms with van der Waals surface area (Å²) in [4.78, 5) is 0. The predicted octanol–water partition coefficient (Wildman–Crippen LogP) is 7.00. The minimum Gasteiger partial charge on any atom is -0.0654 e. The molecular formula is C21H30. The molecule has 0 radical (unpaired) electrons. The fraction of sp³-hybridized carbons (Fsp3) is 0.524. The van der Waals surface area contributed by atoms with Gasteiger partial charge in [0.15, 0.2) is 0 Å². The number of hydrogen-bond acceptors (Lipinski definition) is 0. The summed E-state index contributed by atoms with van der Waals surface area (Å²) in [6.45, 7) is 6.95. The lowest BCUT2D eigenvalue weighted by Gasteiger charge is -2.17. The van der Waals surface area contributed by atoms with Crippen molar-refractivity contribution in [2.24, 2.45) is 0 Å². The van der Waals surface area contributed by atoms with Crippen molar-refractivity contribution >= 4 is 10.8 Å². The third-order valence-electron chi connectivity index (χ3n) is 4.67. The van der Waals surface area contributed by atoms with E-state index in [0.29, 0.717) is 5.92 Å². The highest BCUT2D eigenvalue weighted by molar-refractivity contribution is 5.87. The zero-order chi connectivity index (χ0) is 15.1. The van der Waals surface area contributed by atoms with Crippen molar-refractivity contribution in [2.75, 3.05) is 0 Å². The van der Waals surface area contributed by atoms with E-state index in [-0.39, 0.29) is 0 Å². The Balaban J connectivity index is 1.99. The Morgan fingerprint density at radius 3 is 2.38 bits per heavy atom. The normalized spacial score (nSPS) is 12.7. The molecule has 0 nitrogen and oxygen atoms in total. The van der Waals surface area contributed by atoms with Gasteiger partial charge in [-0.05, 0) is 41.2 Å². The number of fused-ring (bicyclic) bond motifs is 1. The molecule has 0 aliphatic rings. The van der Waals surface area contributed by atoms with Gasteiger partial charge in [0, 0.05) is 0 Å². The fourth-order valence-electron chi connectivity index (χ4n) is 3.43. The molecule has 2 aromatic carbocycles. The van der Waals surface area contributed by atoms with E-state index < -0.39 is 0 Å². The van der Waals surface area contributed by atoms with E-state index in [1.165, 1.54) is 61.3 Å². The summed E-state index contributed by atoms with van der Waals surface area (Å²) in [5, 5.41) is 2.84. The van der Waals surface area contributed by atoms with Gasteiger partial charge in [-0.15, -0.1) is 0 Å². The van der Waals surface area contributed by atoms with E-state index >= 15 is 0 Å². The first-order valence-corrected chi connectivity index (χ1v) is 8.72. The molecule has 0 amide bonds. The molecule has 0 fully saturated rings. The fourth-order valence-corrected chi connectivity index (χ4v) is 3.43. The smallest absolute Gasteiger partial charge is 0.0147 e. The third kappa shape index (κ3) is 4.33. The maximum Gasteiger partial charge on any atom is -0.0147 e. The Kier molecular flexibility index (Phi) is 6.29. The molecule has 2 aromatic rings. The van der Waals surface area contributed by atoms with Crippen molar-refractivity contribution in [1.82, 2.24) is 0 Å². The van der Waals surface area contributed by atoms with Crippen LogP contribution >= 0.6 is 0 Å². The number of unbranched alkanes of at least 4 members (excludes halogenated alkanes) is 5. The summed E-state index contributed by atoms with van der Waals surface area (Å²) >= 11 is 0. The zero-order valence-corrected chi connectivity index (χ0v) is 14.0. The topological polar surface area (TPSA) is 0 Å².